The Morgan fingerprint density at radius 3 is 2.20 bits per heavy atom. The van der Waals surface area contributed by atoms with E-state index in [4.69, 9.17) is 11.6 Å². The van der Waals surface area contributed by atoms with Crippen molar-refractivity contribution in [2.24, 2.45) is 5.41 Å². The van der Waals surface area contributed by atoms with Crippen molar-refractivity contribution < 1.29 is 18.0 Å². The van der Waals surface area contributed by atoms with Crippen LogP contribution in [0.3, 0.4) is 0 Å². The third-order valence-corrected chi connectivity index (χ3v) is 5.37. The minimum Gasteiger partial charge on any atom is -0.294 e. The van der Waals surface area contributed by atoms with Crippen molar-refractivity contribution in [3.8, 4) is 22.3 Å². The van der Waals surface area contributed by atoms with Gasteiger partial charge in [0, 0.05) is 34.5 Å². The topological polar surface area (TPSA) is 30.0 Å². The highest BCUT2D eigenvalue weighted by Gasteiger charge is 2.48. The molecule has 0 saturated heterocycles. The molecule has 156 valence electrons. The van der Waals surface area contributed by atoms with Gasteiger partial charge in [-0.15, -0.1) is 0 Å². The Bertz CT molecular complexity index is 1070. The maximum absolute atomic E-state index is 13.3. The van der Waals surface area contributed by atoms with E-state index in [0.29, 0.717) is 5.02 Å². The van der Waals surface area contributed by atoms with Crippen LogP contribution in [0, 0.1) is 12.3 Å². The van der Waals surface area contributed by atoms with Gasteiger partial charge >= 0.3 is 6.18 Å². The summed E-state index contributed by atoms with van der Waals surface area (Å²) in [4.78, 5) is 17.2. The molecule has 30 heavy (non-hydrogen) atoms. The lowest BCUT2D eigenvalue weighted by Crippen LogP contribution is -2.34. The van der Waals surface area contributed by atoms with E-state index < -0.39 is 23.8 Å². The molecule has 6 heteroatoms. The molecular formula is C24H21ClF3NO. The first kappa shape index (κ1) is 22.0. The van der Waals surface area contributed by atoms with E-state index in [1.165, 1.54) is 0 Å². The number of nitrogens with zero attached hydrogens (tertiary/aromatic N) is 1. The maximum atomic E-state index is 13.3. The number of ketones is 1. The first-order valence-corrected chi connectivity index (χ1v) is 9.79. The minimum absolute atomic E-state index is 0.234. The van der Waals surface area contributed by atoms with Crippen LogP contribution in [0.1, 0.15) is 36.3 Å². The molecule has 0 aliphatic carbocycles. The molecule has 0 spiro atoms. The van der Waals surface area contributed by atoms with Gasteiger partial charge in [-0.2, -0.15) is 13.2 Å². The van der Waals surface area contributed by atoms with Crippen LogP contribution in [0.15, 0.2) is 60.8 Å². The van der Waals surface area contributed by atoms with Gasteiger partial charge in [-0.05, 0) is 60.0 Å². The van der Waals surface area contributed by atoms with Crippen LogP contribution >= 0.6 is 11.6 Å². The highest BCUT2D eigenvalue weighted by Crippen LogP contribution is 2.41. The van der Waals surface area contributed by atoms with Crippen molar-refractivity contribution in [2.75, 3.05) is 0 Å². The van der Waals surface area contributed by atoms with E-state index in [0.717, 1.165) is 41.8 Å². The fourth-order valence-electron chi connectivity index (χ4n) is 3.15. The quantitative estimate of drug-likeness (QED) is 0.390. The first-order valence-electron chi connectivity index (χ1n) is 9.41. The lowest BCUT2D eigenvalue weighted by Gasteiger charge is -2.27. The number of aryl methyl sites for hydroxylation is 1. The summed E-state index contributed by atoms with van der Waals surface area (Å²) >= 11 is 5.98. The summed E-state index contributed by atoms with van der Waals surface area (Å²) in [5.74, 6) is -0.559. The Kier molecular flexibility index (Phi) is 6.04. The van der Waals surface area contributed by atoms with Crippen molar-refractivity contribution in [2.45, 2.75) is 33.4 Å². The summed E-state index contributed by atoms with van der Waals surface area (Å²) in [6.45, 7) is 3.93. The second-order valence-corrected chi connectivity index (χ2v) is 8.36. The zero-order chi connectivity index (χ0) is 22.1. The van der Waals surface area contributed by atoms with E-state index in [1.54, 1.807) is 36.5 Å². The molecule has 1 heterocycles. The average Bonchev–Trinajstić information content (AvgIpc) is 2.67. The van der Waals surface area contributed by atoms with Crippen molar-refractivity contribution >= 4 is 17.4 Å². The molecule has 0 bridgehead atoms. The van der Waals surface area contributed by atoms with E-state index in [1.807, 2.05) is 31.2 Å². The molecule has 0 radical (unpaired) electrons. The van der Waals surface area contributed by atoms with Crippen molar-refractivity contribution in [1.82, 2.24) is 4.98 Å². The van der Waals surface area contributed by atoms with Gasteiger partial charge in [0.15, 0.2) is 5.78 Å². The molecular weight excluding hydrogens is 411 g/mol. The largest absolute Gasteiger partial charge is 0.394 e. The number of carbonyl (C=O) groups is 1. The highest BCUT2D eigenvalue weighted by molar-refractivity contribution is 6.30. The molecule has 0 unspecified atom stereocenters. The van der Waals surface area contributed by atoms with Gasteiger partial charge in [0.05, 0.1) is 5.41 Å². The van der Waals surface area contributed by atoms with Crippen molar-refractivity contribution in [3.05, 3.63) is 77.1 Å². The van der Waals surface area contributed by atoms with E-state index in [9.17, 15) is 18.0 Å². The standard InChI is InChI=1S/C24H21ClF3NO/c1-15-21(5-4-10-29-15)18-11-17(16-6-8-20(25)9-7-16)12-19(13-18)22(30)14-23(2,3)24(26,27)28/h4-13H,14H2,1-3H3. The minimum atomic E-state index is -4.47. The van der Waals surface area contributed by atoms with Gasteiger partial charge in [-0.25, -0.2) is 0 Å². The Morgan fingerprint density at radius 1 is 0.967 bits per heavy atom. The lowest BCUT2D eigenvalue weighted by molar-refractivity contribution is -0.209. The van der Waals surface area contributed by atoms with Gasteiger partial charge in [-0.1, -0.05) is 43.6 Å². The van der Waals surface area contributed by atoms with Gasteiger partial charge < -0.3 is 0 Å². The zero-order valence-electron chi connectivity index (χ0n) is 16.8. The summed E-state index contributed by atoms with van der Waals surface area (Å²) in [5, 5.41) is 0.571. The number of pyridine rings is 1. The average molecular weight is 432 g/mol. The van der Waals surface area contributed by atoms with Crippen molar-refractivity contribution in [3.63, 3.8) is 0 Å². The number of benzene rings is 2. The second kappa shape index (κ2) is 8.23. The molecule has 0 fully saturated rings. The van der Waals surface area contributed by atoms with Crippen LogP contribution in [-0.4, -0.2) is 16.9 Å². The molecule has 0 aliphatic rings. The second-order valence-electron chi connectivity index (χ2n) is 7.92. The van der Waals surface area contributed by atoms with Gasteiger partial charge in [0.25, 0.3) is 0 Å². The predicted molar refractivity (Wildman–Crippen MR) is 114 cm³/mol. The predicted octanol–water partition coefficient (Wildman–Crippen LogP) is 7.54. The molecule has 1 aromatic heterocycles. The number of halogens is 4. The van der Waals surface area contributed by atoms with Gasteiger partial charge in [-0.3, -0.25) is 9.78 Å². The Hall–Kier alpha value is -2.66. The Balaban J connectivity index is 2.11. The summed E-state index contributed by atoms with van der Waals surface area (Å²) in [6.07, 6.45) is -3.44. The SMILES string of the molecule is Cc1ncccc1-c1cc(C(=O)CC(C)(C)C(F)(F)F)cc(-c2ccc(Cl)cc2)c1. The molecule has 0 saturated carbocycles. The summed E-state index contributed by atoms with van der Waals surface area (Å²) in [7, 11) is 0. The third kappa shape index (κ3) is 4.73. The third-order valence-electron chi connectivity index (χ3n) is 5.12. The number of carbonyl (C=O) groups excluding carboxylic acids is 1. The van der Waals surface area contributed by atoms with Gasteiger partial charge in [0.1, 0.15) is 0 Å². The molecule has 0 amide bonds. The molecule has 2 nitrogen and oxygen atoms in total. The number of hydrogen-bond acceptors (Lipinski definition) is 2. The summed E-state index contributed by atoms with van der Waals surface area (Å²) in [6, 6.07) is 15.9. The normalized spacial score (nSPS) is 12.1. The highest BCUT2D eigenvalue weighted by atomic mass is 35.5. The zero-order valence-corrected chi connectivity index (χ0v) is 17.6. The summed E-state index contributed by atoms with van der Waals surface area (Å²) in [5.41, 5.74) is 1.95. The number of Topliss-reactive ketones (excluding diaryl/α,β-unsaturated/α-hetero) is 1. The Morgan fingerprint density at radius 2 is 1.60 bits per heavy atom. The lowest BCUT2D eigenvalue weighted by atomic mass is 9.84. The van der Waals surface area contributed by atoms with Gasteiger partial charge in [0.2, 0.25) is 0 Å². The molecule has 2 aromatic carbocycles. The molecule has 0 aliphatic heterocycles. The molecule has 0 N–H and O–H groups in total. The number of hydrogen-bond donors (Lipinski definition) is 0. The smallest absolute Gasteiger partial charge is 0.294 e. The maximum Gasteiger partial charge on any atom is 0.394 e. The van der Waals surface area contributed by atoms with Crippen LogP contribution in [0.2, 0.25) is 5.02 Å². The molecule has 3 aromatic rings. The van der Waals surface area contributed by atoms with Crippen LogP contribution in [0.4, 0.5) is 13.2 Å². The van der Waals surface area contributed by atoms with Crippen LogP contribution in [0.25, 0.3) is 22.3 Å². The van der Waals surface area contributed by atoms with E-state index in [2.05, 4.69) is 4.98 Å². The first-order chi connectivity index (χ1) is 14.0. The fourth-order valence-corrected chi connectivity index (χ4v) is 3.27. The van der Waals surface area contributed by atoms with Crippen LogP contribution in [0.5, 0.6) is 0 Å². The fraction of sp³-hybridized carbons (Fsp3) is 0.250. The van der Waals surface area contributed by atoms with Crippen LogP contribution in [-0.2, 0) is 0 Å². The monoisotopic (exact) mass is 431 g/mol. The van der Waals surface area contributed by atoms with Crippen LogP contribution < -0.4 is 0 Å². The Labute approximate surface area is 178 Å². The summed E-state index contributed by atoms with van der Waals surface area (Å²) < 4.78 is 39.9. The van der Waals surface area contributed by atoms with E-state index >= 15 is 0 Å². The van der Waals surface area contributed by atoms with E-state index in [-0.39, 0.29) is 5.56 Å². The van der Waals surface area contributed by atoms with Crippen molar-refractivity contribution in [1.29, 1.82) is 0 Å². The number of rotatable bonds is 5. The number of alkyl halides is 3. The molecule has 0 atom stereocenters. The molecule has 3 rings (SSSR count). The number of aromatic nitrogens is 1.